The molecule has 0 aliphatic heterocycles. The van der Waals surface area contributed by atoms with Crippen molar-refractivity contribution in [2.24, 2.45) is 5.92 Å². The van der Waals surface area contributed by atoms with Crippen molar-refractivity contribution in [3.8, 4) is 12.3 Å². The first-order chi connectivity index (χ1) is 5.36. The summed E-state index contributed by atoms with van der Waals surface area (Å²) in [4.78, 5) is 0. The first-order valence-electron chi connectivity index (χ1n) is 3.81. The molecular formula is C8H10N2O. The van der Waals surface area contributed by atoms with Gasteiger partial charge >= 0.3 is 0 Å². The average Bonchev–Trinajstić information content (AvgIpc) is 2.07. The summed E-state index contributed by atoms with van der Waals surface area (Å²) in [5, 5.41) is 16.8. The minimum atomic E-state index is 0.0737. The van der Waals surface area contributed by atoms with Crippen molar-refractivity contribution in [3.05, 3.63) is 0 Å². The molecule has 11 heavy (non-hydrogen) atoms. The lowest BCUT2D eigenvalue weighted by atomic mass is 9.88. The zero-order valence-corrected chi connectivity index (χ0v) is 6.29. The monoisotopic (exact) mass is 150 g/mol. The van der Waals surface area contributed by atoms with Gasteiger partial charge in [-0.05, 0) is 25.7 Å². The summed E-state index contributed by atoms with van der Waals surface area (Å²) in [6.45, 7) is 0. The highest BCUT2D eigenvalue weighted by Gasteiger charge is 2.21. The Morgan fingerprint density at radius 2 is 1.73 bits per heavy atom. The molecule has 3 heteroatoms. The highest BCUT2D eigenvalue weighted by atomic mass is 16.5. The fraction of sp³-hybridized carbons (Fsp3) is 0.750. The van der Waals surface area contributed by atoms with Crippen LogP contribution in [0.15, 0.2) is 0 Å². The summed E-state index contributed by atoms with van der Waals surface area (Å²) in [6, 6.07) is 2.23. The molecule has 0 saturated heterocycles. The van der Waals surface area contributed by atoms with Gasteiger partial charge in [-0.25, -0.2) is 0 Å². The molecule has 0 radical (unpaired) electrons. The summed E-state index contributed by atoms with van der Waals surface area (Å²) in [5.74, 6) is 0.188. The lowest BCUT2D eigenvalue weighted by molar-refractivity contribution is 0.110. The van der Waals surface area contributed by atoms with E-state index in [1.807, 2.05) is 0 Å². The molecule has 0 bridgehead atoms. The summed E-state index contributed by atoms with van der Waals surface area (Å²) >= 11 is 0. The Labute approximate surface area is 66.2 Å². The number of nitriles is 2. The van der Waals surface area contributed by atoms with E-state index in [4.69, 9.17) is 15.3 Å². The van der Waals surface area contributed by atoms with Crippen molar-refractivity contribution in [2.45, 2.75) is 31.8 Å². The molecule has 1 fully saturated rings. The van der Waals surface area contributed by atoms with Gasteiger partial charge in [0, 0.05) is 5.92 Å². The third-order valence-electron chi connectivity index (χ3n) is 2.08. The van der Waals surface area contributed by atoms with Crippen LogP contribution in [0.25, 0.3) is 0 Å². The minimum Gasteiger partial charge on any atom is -0.424 e. The molecule has 58 valence electrons. The van der Waals surface area contributed by atoms with E-state index in [9.17, 15) is 0 Å². The van der Waals surface area contributed by atoms with Gasteiger partial charge in [-0.3, -0.25) is 0 Å². The lowest BCUT2D eigenvalue weighted by Crippen LogP contribution is -2.19. The number of rotatable bonds is 1. The second-order valence-corrected chi connectivity index (χ2v) is 2.81. The van der Waals surface area contributed by atoms with Crippen LogP contribution in [0.1, 0.15) is 25.7 Å². The van der Waals surface area contributed by atoms with Crippen molar-refractivity contribution < 1.29 is 4.74 Å². The Morgan fingerprint density at radius 3 is 2.18 bits per heavy atom. The molecule has 1 rings (SSSR count). The molecule has 0 aromatic rings. The maximum Gasteiger partial charge on any atom is 0.286 e. The molecule has 0 aromatic carbocycles. The van der Waals surface area contributed by atoms with Crippen molar-refractivity contribution in [3.63, 3.8) is 0 Å². The predicted molar refractivity (Wildman–Crippen MR) is 38.1 cm³/mol. The summed E-state index contributed by atoms with van der Waals surface area (Å²) < 4.78 is 4.77. The molecule has 0 aromatic heterocycles. The van der Waals surface area contributed by atoms with Crippen LogP contribution < -0.4 is 0 Å². The van der Waals surface area contributed by atoms with Gasteiger partial charge in [0.2, 0.25) is 0 Å². The fourth-order valence-corrected chi connectivity index (χ4v) is 1.38. The van der Waals surface area contributed by atoms with Crippen molar-refractivity contribution in [2.75, 3.05) is 0 Å². The molecule has 0 unspecified atom stereocenters. The Balaban J connectivity index is 2.27. The van der Waals surface area contributed by atoms with Gasteiger partial charge in [-0.15, -0.1) is 0 Å². The Kier molecular flexibility index (Phi) is 2.74. The first-order valence-corrected chi connectivity index (χ1v) is 3.81. The molecule has 0 heterocycles. The number of nitrogens with zero attached hydrogens (tertiary/aromatic N) is 2. The topological polar surface area (TPSA) is 56.8 Å². The average molecular weight is 150 g/mol. The van der Waals surface area contributed by atoms with E-state index in [-0.39, 0.29) is 12.0 Å². The quantitative estimate of drug-likeness (QED) is 0.533. The number of hydrogen-bond acceptors (Lipinski definition) is 3. The van der Waals surface area contributed by atoms with Crippen LogP contribution in [0.2, 0.25) is 0 Å². The zero-order chi connectivity index (χ0) is 8.10. The molecule has 0 N–H and O–H groups in total. The van der Waals surface area contributed by atoms with E-state index in [2.05, 4.69) is 6.07 Å². The smallest absolute Gasteiger partial charge is 0.286 e. The summed E-state index contributed by atoms with van der Waals surface area (Å²) in [5.41, 5.74) is 0. The zero-order valence-electron chi connectivity index (χ0n) is 6.29. The third kappa shape index (κ3) is 2.13. The Morgan fingerprint density at radius 1 is 1.09 bits per heavy atom. The Bertz CT molecular complexity index is 193. The molecule has 3 nitrogen and oxygen atoms in total. The molecule has 0 atom stereocenters. The van der Waals surface area contributed by atoms with Crippen molar-refractivity contribution >= 4 is 0 Å². The van der Waals surface area contributed by atoms with E-state index in [1.165, 1.54) is 0 Å². The maximum absolute atomic E-state index is 8.55. The van der Waals surface area contributed by atoms with E-state index in [0.29, 0.717) is 0 Å². The van der Waals surface area contributed by atoms with Crippen LogP contribution in [0, 0.1) is 28.8 Å². The van der Waals surface area contributed by atoms with Crippen molar-refractivity contribution in [1.82, 2.24) is 0 Å². The van der Waals surface area contributed by atoms with Crippen molar-refractivity contribution in [1.29, 1.82) is 10.5 Å². The van der Waals surface area contributed by atoms with E-state index < -0.39 is 0 Å². The van der Waals surface area contributed by atoms with Gasteiger partial charge in [-0.2, -0.15) is 10.5 Å². The molecule has 1 aliphatic carbocycles. The Hall–Kier alpha value is -1.22. The lowest BCUT2D eigenvalue weighted by Gasteiger charge is -2.21. The number of ether oxygens (including phenoxy) is 1. The SMILES string of the molecule is N#COC1CCC(C#N)CC1. The predicted octanol–water partition coefficient (Wildman–Crippen LogP) is 1.57. The van der Waals surface area contributed by atoms with E-state index >= 15 is 0 Å². The largest absolute Gasteiger partial charge is 0.424 e. The van der Waals surface area contributed by atoms with Gasteiger partial charge in [0.05, 0.1) is 6.07 Å². The normalized spacial score (nSPS) is 30.0. The van der Waals surface area contributed by atoms with Crippen LogP contribution in [-0.2, 0) is 4.74 Å². The minimum absolute atomic E-state index is 0.0737. The highest BCUT2D eigenvalue weighted by Crippen LogP contribution is 2.25. The van der Waals surface area contributed by atoms with Gasteiger partial charge in [0.25, 0.3) is 6.26 Å². The molecule has 0 amide bonds. The van der Waals surface area contributed by atoms with Crippen LogP contribution >= 0.6 is 0 Å². The van der Waals surface area contributed by atoms with E-state index in [0.717, 1.165) is 25.7 Å². The van der Waals surface area contributed by atoms with Gasteiger partial charge in [0.15, 0.2) is 0 Å². The maximum atomic E-state index is 8.55. The highest BCUT2D eigenvalue weighted by molar-refractivity contribution is 4.87. The number of hydrogen-bond donors (Lipinski definition) is 0. The molecule has 1 aliphatic rings. The van der Waals surface area contributed by atoms with Gasteiger partial charge in [0.1, 0.15) is 6.10 Å². The first kappa shape index (κ1) is 7.88. The van der Waals surface area contributed by atoms with Gasteiger partial charge in [-0.1, -0.05) is 0 Å². The van der Waals surface area contributed by atoms with Crippen LogP contribution in [0.4, 0.5) is 0 Å². The standard InChI is InChI=1S/C8H10N2O/c9-5-7-1-3-8(4-2-7)11-6-10/h7-8H,1-4H2. The molecule has 1 saturated carbocycles. The van der Waals surface area contributed by atoms with Crippen LogP contribution in [0.3, 0.4) is 0 Å². The van der Waals surface area contributed by atoms with Gasteiger partial charge < -0.3 is 4.74 Å². The van der Waals surface area contributed by atoms with Crippen LogP contribution in [0.5, 0.6) is 0 Å². The second kappa shape index (κ2) is 3.83. The fourth-order valence-electron chi connectivity index (χ4n) is 1.38. The van der Waals surface area contributed by atoms with E-state index in [1.54, 1.807) is 6.26 Å². The third-order valence-corrected chi connectivity index (χ3v) is 2.08. The second-order valence-electron chi connectivity index (χ2n) is 2.81. The summed E-state index contributed by atoms with van der Waals surface area (Å²) in [6.07, 6.45) is 5.22. The molecular weight excluding hydrogens is 140 g/mol. The molecule has 0 spiro atoms. The summed E-state index contributed by atoms with van der Waals surface area (Å²) in [7, 11) is 0. The van der Waals surface area contributed by atoms with Crippen LogP contribution in [-0.4, -0.2) is 6.10 Å².